The molecule has 0 aromatic heterocycles. The third-order valence-electron chi connectivity index (χ3n) is 3.76. The van der Waals surface area contributed by atoms with E-state index in [1.165, 1.54) is 52.1 Å². The molecule has 3 nitrogen and oxygen atoms in total. The minimum Gasteiger partial charge on any atom is -0.315 e. The van der Waals surface area contributed by atoms with Crippen molar-refractivity contribution in [3.8, 4) is 0 Å². The Balaban J connectivity index is 1.97. The standard InChI is InChI=1S/C14H31N3/c1-4-16(5-2)11-8-15-12-14(3)13-17-9-6-7-10-17/h14-15H,4-13H2,1-3H3. The van der Waals surface area contributed by atoms with Gasteiger partial charge in [0.05, 0.1) is 0 Å². The van der Waals surface area contributed by atoms with E-state index in [-0.39, 0.29) is 0 Å². The van der Waals surface area contributed by atoms with Gasteiger partial charge < -0.3 is 15.1 Å². The molecular weight excluding hydrogens is 210 g/mol. The fourth-order valence-corrected chi connectivity index (χ4v) is 2.60. The minimum absolute atomic E-state index is 0.782. The molecular formula is C14H31N3. The van der Waals surface area contributed by atoms with Crippen molar-refractivity contribution in [2.24, 2.45) is 5.92 Å². The first-order chi connectivity index (χ1) is 8.26. The molecule has 0 aromatic rings. The van der Waals surface area contributed by atoms with Crippen LogP contribution in [0.3, 0.4) is 0 Å². The van der Waals surface area contributed by atoms with Gasteiger partial charge in [-0.25, -0.2) is 0 Å². The van der Waals surface area contributed by atoms with Crippen molar-refractivity contribution in [2.75, 3.05) is 52.4 Å². The molecule has 0 aliphatic carbocycles. The van der Waals surface area contributed by atoms with Crippen LogP contribution in [0.1, 0.15) is 33.6 Å². The molecule has 1 N–H and O–H groups in total. The molecule has 0 amide bonds. The summed E-state index contributed by atoms with van der Waals surface area (Å²) < 4.78 is 0. The Kier molecular flexibility index (Phi) is 7.82. The molecule has 17 heavy (non-hydrogen) atoms. The molecule has 0 radical (unpaired) electrons. The van der Waals surface area contributed by atoms with Crippen LogP contribution < -0.4 is 5.32 Å². The Bertz CT molecular complexity index is 174. The molecule has 1 heterocycles. The average molecular weight is 241 g/mol. The number of likely N-dealkylation sites (N-methyl/N-ethyl adjacent to an activating group) is 1. The quantitative estimate of drug-likeness (QED) is 0.619. The highest BCUT2D eigenvalue weighted by Gasteiger charge is 2.14. The van der Waals surface area contributed by atoms with Crippen molar-refractivity contribution in [3.05, 3.63) is 0 Å². The first kappa shape index (κ1) is 14.9. The van der Waals surface area contributed by atoms with Crippen LogP contribution in [0.2, 0.25) is 0 Å². The average Bonchev–Trinajstić information content (AvgIpc) is 2.82. The van der Waals surface area contributed by atoms with E-state index >= 15 is 0 Å². The Morgan fingerprint density at radius 3 is 2.41 bits per heavy atom. The van der Waals surface area contributed by atoms with Crippen molar-refractivity contribution >= 4 is 0 Å². The Labute approximate surface area is 108 Å². The predicted molar refractivity (Wildman–Crippen MR) is 75.5 cm³/mol. The minimum atomic E-state index is 0.782. The first-order valence-corrected chi connectivity index (χ1v) is 7.41. The Morgan fingerprint density at radius 1 is 1.18 bits per heavy atom. The highest BCUT2D eigenvalue weighted by Crippen LogP contribution is 2.09. The maximum atomic E-state index is 3.59. The van der Waals surface area contributed by atoms with Crippen molar-refractivity contribution in [2.45, 2.75) is 33.6 Å². The second-order valence-electron chi connectivity index (χ2n) is 5.34. The normalized spacial score (nSPS) is 19.1. The summed E-state index contributed by atoms with van der Waals surface area (Å²) in [6.07, 6.45) is 2.81. The molecule has 1 aliphatic heterocycles. The van der Waals surface area contributed by atoms with E-state index in [1.807, 2.05) is 0 Å². The van der Waals surface area contributed by atoms with Crippen LogP contribution in [0.25, 0.3) is 0 Å². The lowest BCUT2D eigenvalue weighted by Crippen LogP contribution is -2.36. The van der Waals surface area contributed by atoms with Gasteiger partial charge in [-0.15, -0.1) is 0 Å². The third kappa shape index (κ3) is 6.39. The molecule has 0 saturated carbocycles. The zero-order chi connectivity index (χ0) is 12.5. The smallest absolute Gasteiger partial charge is 0.0107 e. The fourth-order valence-electron chi connectivity index (χ4n) is 2.60. The molecule has 1 aliphatic rings. The van der Waals surface area contributed by atoms with E-state index in [0.29, 0.717) is 0 Å². The third-order valence-corrected chi connectivity index (χ3v) is 3.76. The van der Waals surface area contributed by atoms with Crippen molar-refractivity contribution in [1.82, 2.24) is 15.1 Å². The van der Waals surface area contributed by atoms with Gasteiger partial charge >= 0.3 is 0 Å². The number of nitrogens with one attached hydrogen (secondary N) is 1. The topological polar surface area (TPSA) is 18.5 Å². The van der Waals surface area contributed by atoms with Gasteiger partial charge in [-0.3, -0.25) is 0 Å². The van der Waals surface area contributed by atoms with E-state index < -0.39 is 0 Å². The van der Waals surface area contributed by atoms with Crippen molar-refractivity contribution in [3.63, 3.8) is 0 Å². The summed E-state index contributed by atoms with van der Waals surface area (Å²) in [5.74, 6) is 0.782. The summed E-state index contributed by atoms with van der Waals surface area (Å²) in [5, 5.41) is 3.59. The van der Waals surface area contributed by atoms with E-state index in [4.69, 9.17) is 0 Å². The number of hydrogen-bond acceptors (Lipinski definition) is 3. The van der Waals surface area contributed by atoms with Gasteiger partial charge in [0, 0.05) is 19.6 Å². The number of rotatable bonds is 9. The highest BCUT2D eigenvalue weighted by atomic mass is 15.1. The summed E-state index contributed by atoms with van der Waals surface area (Å²) in [5.41, 5.74) is 0. The highest BCUT2D eigenvalue weighted by molar-refractivity contribution is 4.70. The van der Waals surface area contributed by atoms with Gasteiger partial charge in [0.25, 0.3) is 0 Å². The first-order valence-electron chi connectivity index (χ1n) is 7.41. The molecule has 1 unspecified atom stereocenters. The van der Waals surface area contributed by atoms with Crippen molar-refractivity contribution in [1.29, 1.82) is 0 Å². The van der Waals surface area contributed by atoms with Gasteiger partial charge in [-0.05, 0) is 51.5 Å². The maximum absolute atomic E-state index is 3.59. The molecule has 3 heteroatoms. The lowest BCUT2D eigenvalue weighted by molar-refractivity contribution is 0.272. The van der Waals surface area contributed by atoms with Crippen LogP contribution >= 0.6 is 0 Å². The van der Waals surface area contributed by atoms with Gasteiger partial charge in [-0.2, -0.15) is 0 Å². The number of likely N-dealkylation sites (tertiary alicyclic amines) is 1. The molecule has 0 spiro atoms. The van der Waals surface area contributed by atoms with E-state index in [2.05, 4.69) is 35.9 Å². The molecule has 0 aromatic carbocycles. The maximum Gasteiger partial charge on any atom is 0.0107 e. The SMILES string of the molecule is CCN(CC)CCNCC(C)CN1CCCC1. The fraction of sp³-hybridized carbons (Fsp3) is 1.00. The van der Waals surface area contributed by atoms with E-state index in [9.17, 15) is 0 Å². The number of hydrogen-bond donors (Lipinski definition) is 1. The summed E-state index contributed by atoms with van der Waals surface area (Å²) in [4.78, 5) is 5.08. The molecule has 1 rings (SSSR count). The van der Waals surface area contributed by atoms with Crippen LogP contribution in [-0.4, -0.2) is 62.2 Å². The second kappa shape index (κ2) is 8.90. The van der Waals surface area contributed by atoms with E-state index in [1.54, 1.807) is 0 Å². The largest absolute Gasteiger partial charge is 0.315 e. The van der Waals surface area contributed by atoms with E-state index in [0.717, 1.165) is 19.0 Å². The summed E-state index contributed by atoms with van der Waals surface area (Å²) in [6.45, 7) is 16.6. The van der Waals surface area contributed by atoms with Crippen LogP contribution in [0.5, 0.6) is 0 Å². The van der Waals surface area contributed by atoms with Gasteiger partial charge in [-0.1, -0.05) is 20.8 Å². The lowest BCUT2D eigenvalue weighted by Gasteiger charge is -2.22. The van der Waals surface area contributed by atoms with Gasteiger partial charge in [0.1, 0.15) is 0 Å². The van der Waals surface area contributed by atoms with Crippen LogP contribution in [0.15, 0.2) is 0 Å². The van der Waals surface area contributed by atoms with Crippen LogP contribution in [0, 0.1) is 5.92 Å². The summed E-state index contributed by atoms with van der Waals surface area (Å²) >= 11 is 0. The molecule has 0 bridgehead atoms. The van der Waals surface area contributed by atoms with Crippen molar-refractivity contribution < 1.29 is 0 Å². The Morgan fingerprint density at radius 2 is 1.82 bits per heavy atom. The predicted octanol–water partition coefficient (Wildman–Crippen LogP) is 1.65. The zero-order valence-electron chi connectivity index (χ0n) is 12.0. The summed E-state index contributed by atoms with van der Waals surface area (Å²) in [6, 6.07) is 0. The zero-order valence-corrected chi connectivity index (χ0v) is 12.0. The molecule has 1 saturated heterocycles. The van der Waals surface area contributed by atoms with Crippen LogP contribution in [0.4, 0.5) is 0 Å². The number of nitrogens with zero attached hydrogens (tertiary/aromatic N) is 2. The summed E-state index contributed by atoms with van der Waals surface area (Å²) in [7, 11) is 0. The Hall–Kier alpha value is -0.120. The molecule has 1 atom stereocenters. The lowest BCUT2D eigenvalue weighted by atomic mass is 10.1. The van der Waals surface area contributed by atoms with Crippen LogP contribution in [-0.2, 0) is 0 Å². The van der Waals surface area contributed by atoms with Gasteiger partial charge in [0.2, 0.25) is 0 Å². The monoisotopic (exact) mass is 241 g/mol. The second-order valence-corrected chi connectivity index (χ2v) is 5.34. The van der Waals surface area contributed by atoms with Gasteiger partial charge in [0.15, 0.2) is 0 Å². The molecule has 102 valence electrons. The molecule has 1 fully saturated rings.